The van der Waals surface area contributed by atoms with Crippen molar-refractivity contribution >= 4 is 17.7 Å². The van der Waals surface area contributed by atoms with E-state index in [4.69, 9.17) is 0 Å². The van der Waals surface area contributed by atoms with Crippen molar-refractivity contribution in [2.75, 3.05) is 0 Å². The van der Waals surface area contributed by atoms with Gasteiger partial charge in [-0.1, -0.05) is 60.7 Å². The first-order valence-electron chi connectivity index (χ1n) is 8.79. The summed E-state index contributed by atoms with van der Waals surface area (Å²) in [6.07, 6.45) is 3.21. The Morgan fingerprint density at radius 1 is 0.923 bits per heavy atom. The molecule has 1 atom stereocenters. The fourth-order valence-corrected chi connectivity index (χ4v) is 3.52. The van der Waals surface area contributed by atoms with Gasteiger partial charge in [0, 0.05) is 35.1 Å². The van der Waals surface area contributed by atoms with E-state index in [9.17, 15) is 10.0 Å². The van der Waals surface area contributed by atoms with Gasteiger partial charge in [-0.25, -0.2) is 0 Å². The van der Waals surface area contributed by atoms with Gasteiger partial charge in [-0.2, -0.15) is 4.74 Å². The maximum atomic E-state index is 12.8. The van der Waals surface area contributed by atoms with Crippen LogP contribution < -0.4 is 0 Å². The van der Waals surface area contributed by atoms with E-state index < -0.39 is 0 Å². The number of fused-ring (bicyclic) bond motifs is 1. The van der Waals surface area contributed by atoms with Crippen LogP contribution in [0.1, 0.15) is 39.4 Å². The molecule has 0 amide bonds. The van der Waals surface area contributed by atoms with Crippen LogP contribution in [0.15, 0.2) is 78.9 Å². The molecule has 0 bridgehead atoms. The summed E-state index contributed by atoms with van der Waals surface area (Å²) in [5.41, 5.74) is 4.11. The summed E-state index contributed by atoms with van der Waals surface area (Å²) in [6, 6.07) is 24.9. The summed E-state index contributed by atoms with van der Waals surface area (Å²) in [6.45, 7) is 0. The van der Waals surface area contributed by atoms with Gasteiger partial charge in [-0.3, -0.25) is 4.79 Å². The van der Waals surface area contributed by atoms with Gasteiger partial charge < -0.3 is 5.21 Å². The topological polar surface area (TPSA) is 43.1 Å². The molecule has 1 aliphatic heterocycles. The fraction of sp³-hybridized carbons (Fsp3) is 0.130. The van der Waals surface area contributed by atoms with Gasteiger partial charge >= 0.3 is 0 Å². The molecule has 3 heteroatoms. The molecule has 4 rings (SSSR count). The molecular formula is C23H19NO2. The lowest BCUT2D eigenvalue weighted by Gasteiger charge is -2.22. The number of ketones is 1. The molecule has 0 aliphatic carbocycles. The lowest BCUT2D eigenvalue weighted by Crippen LogP contribution is -2.16. The van der Waals surface area contributed by atoms with Gasteiger partial charge in [0.2, 0.25) is 5.69 Å². The molecule has 3 nitrogen and oxygen atoms in total. The van der Waals surface area contributed by atoms with Crippen LogP contribution in [-0.4, -0.2) is 16.7 Å². The van der Waals surface area contributed by atoms with Gasteiger partial charge in [0.25, 0.3) is 0 Å². The van der Waals surface area contributed by atoms with Crippen molar-refractivity contribution in [1.29, 1.82) is 0 Å². The normalized spacial score (nSPS) is 15.8. The Balaban J connectivity index is 1.70. The quantitative estimate of drug-likeness (QED) is 0.386. The van der Waals surface area contributed by atoms with Crippen LogP contribution >= 0.6 is 0 Å². The zero-order valence-electron chi connectivity index (χ0n) is 14.3. The van der Waals surface area contributed by atoms with E-state index in [0.29, 0.717) is 23.2 Å². The van der Waals surface area contributed by atoms with E-state index in [0.717, 1.165) is 16.7 Å². The molecule has 0 N–H and O–H groups in total. The minimum Gasteiger partial charge on any atom is -0.619 e. The van der Waals surface area contributed by atoms with E-state index in [2.05, 4.69) is 12.1 Å². The molecule has 26 heavy (non-hydrogen) atoms. The largest absolute Gasteiger partial charge is 0.619 e. The van der Waals surface area contributed by atoms with Crippen LogP contribution in [0.3, 0.4) is 0 Å². The van der Waals surface area contributed by atoms with Crippen molar-refractivity contribution in [3.8, 4) is 0 Å². The molecule has 0 saturated heterocycles. The minimum atomic E-state index is -0.0149. The second-order valence-corrected chi connectivity index (χ2v) is 6.60. The van der Waals surface area contributed by atoms with Crippen LogP contribution in [0.2, 0.25) is 0 Å². The number of nitrogens with zero attached hydrogens (tertiary/aromatic N) is 1. The minimum absolute atomic E-state index is 0.0149. The van der Waals surface area contributed by atoms with Crippen LogP contribution in [0.5, 0.6) is 0 Å². The second kappa shape index (κ2) is 6.96. The van der Waals surface area contributed by atoms with E-state index in [1.165, 1.54) is 5.56 Å². The second-order valence-electron chi connectivity index (χ2n) is 6.60. The van der Waals surface area contributed by atoms with Gasteiger partial charge in [0.1, 0.15) is 0 Å². The SMILES string of the molecule is O=C(c1ccccc1)c1ccc2c(c1)C(Cc1ccccc1)CC=[N+]2[O-]. The summed E-state index contributed by atoms with van der Waals surface area (Å²) in [5, 5.41) is 12.2. The molecule has 3 aromatic carbocycles. The standard InChI is InChI=1S/C23H19NO2/c25-23(18-9-5-2-6-10-18)20-11-12-22-21(16-20)19(13-14-24(22)26)15-17-7-3-1-4-8-17/h1-12,14,16,19H,13,15H2. The molecule has 0 aromatic heterocycles. The molecule has 0 radical (unpaired) electrons. The number of benzene rings is 3. The molecule has 1 heterocycles. The van der Waals surface area contributed by atoms with Crippen molar-refractivity contribution in [2.24, 2.45) is 0 Å². The Morgan fingerprint density at radius 3 is 2.35 bits per heavy atom. The van der Waals surface area contributed by atoms with Crippen molar-refractivity contribution in [2.45, 2.75) is 18.8 Å². The number of hydrogen-bond acceptors (Lipinski definition) is 2. The average Bonchev–Trinajstić information content (AvgIpc) is 2.71. The average molecular weight is 341 g/mol. The van der Waals surface area contributed by atoms with E-state index in [1.807, 2.05) is 54.6 Å². The van der Waals surface area contributed by atoms with Crippen LogP contribution in [0.4, 0.5) is 5.69 Å². The lowest BCUT2D eigenvalue weighted by atomic mass is 9.85. The van der Waals surface area contributed by atoms with Crippen molar-refractivity contribution in [1.82, 2.24) is 0 Å². The van der Waals surface area contributed by atoms with Crippen molar-refractivity contribution in [3.05, 3.63) is 106 Å². The Morgan fingerprint density at radius 2 is 1.62 bits per heavy atom. The fourth-order valence-electron chi connectivity index (χ4n) is 3.52. The smallest absolute Gasteiger partial charge is 0.219 e. The summed E-state index contributed by atoms with van der Waals surface area (Å²) in [4.78, 5) is 12.8. The summed E-state index contributed by atoms with van der Waals surface area (Å²) in [7, 11) is 0. The first-order chi connectivity index (χ1) is 12.7. The lowest BCUT2D eigenvalue weighted by molar-refractivity contribution is -0.359. The van der Waals surface area contributed by atoms with Gasteiger partial charge in [-0.15, -0.1) is 0 Å². The summed E-state index contributed by atoms with van der Waals surface area (Å²) >= 11 is 0. The van der Waals surface area contributed by atoms with Crippen molar-refractivity contribution in [3.63, 3.8) is 0 Å². The van der Waals surface area contributed by atoms with Crippen molar-refractivity contribution < 1.29 is 9.53 Å². The molecule has 3 aromatic rings. The van der Waals surface area contributed by atoms with Gasteiger partial charge in [-0.05, 0) is 24.1 Å². The summed E-state index contributed by atoms with van der Waals surface area (Å²) < 4.78 is 0.924. The Bertz CT molecular complexity index is 962. The molecule has 1 aliphatic rings. The number of rotatable bonds is 4. The first kappa shape index (κ1) is 16.3. The van der Waals surface area contributed by atoms with E-state index in [-0.39, 0.29) is 11.7 Å². The van der Waals surface area contributed by atoms with E-state index >= 15 is 0 Å². The Hall–Kier alpha value is -3.20. The highest BCUT2D eigenvalue weighted by atomic mass is 16.5. The Kier molecular flexibility index (Phi) is 4.36. The molecule has 0 fully saturated rings. The highest BCUT2D eigenvalue weighted by molar-refractivity contribution is 6.09. The molecule has 128 valence electrons. The van der Waals surface area contributed by atoms with Gasteiger partial charge in [0.05, 0.1) is 0 Å². The van der Waals surface area contributed by atoms with Crippen LogP contribution in [0.25, 0.3) is 0 Å². The van der Waals surface area contributed by atoms with Crippen LogP contribution in [-0.2, 0) is 6.42 Å². The zero-order chi connectivity index (χ0) is 17.9. The number of carbonyl (C=O) groups is 1. The predicted octanol–water partition coefficient (Wildman–Crippen LogP) is 4.86. The molecule has 1 unspecified atom stereocenters. The monoisotopic (exact) mass is 341 g/mol. The van der Waals surface area contributed by atoms with Crippen LogP contribution in [0, 0.1) is 5.21 Å². The molecule has 0 saturated carbocycles. The third-order valence-electron chi connectivity index (χ3n) is 4.88. The summed E-state index contributed by atoms with van der Waals surface area (Å²) in [5.74, 6) is 0.181. The zero-order valence-corrected chi connectivity index (χ0v) is 14.3. The number of hydrogen-bond donors (Lipinski definition) is 0. The Labute approximate surface area is 152 Å². The number of carbonyl (C=O) groups excluding carboxylic acids is 1. The first-order valence-corrected chi connectivity index (χ1v) is 8.79. The van der Waals surface area contributed by atoms with E-state index in [1.54, 1.807) is 18.3 Å². The highest BCUT2D eigenvalue weighted by Gasteiger charge is 2.26. The predicted molar refractivity (Wildman–Crippen MR) is 103 cm³/mol. The molecule has 0 spiro atoms. The van der Waals surface area contributed by atoms with Gasteiger partial charge in [0.15, 0.2) is 12.0 Å². The maximum absolute atomic E-state index is 12.8. The third kappa shape index (κ3) is 3.16. The highest BCUT2D eigenvalue weighted by Crippen LogP contribution is 2.35. The molecular weight excluding hydrogens is 322 g/mol. The maximum Gasteiger partial charge on any atom is 0.219 e. The third-order valence-corrected chi connectivity index (χ3v) is 4.88.